The zero-order valence-electron chi connectivity index (χ0n) is 20.3. The van der Waals surface area contributed by atoms with Crippen molar-refractivity contribution >= 4 is 5.82 Å². The monoisotopic (exact) mass is 476 g/mol. The predicted molar refractivity (Wildman–Crippen MR) is 126 cm³/mol. The molecule has 2 aromatic heterocycles. The third-order valence-electron chi connectivity index (χ3n) is 8.09. The van der Waals surface area contributed by atoms with E-state index in [0.29, 0.717) is 29.1 Å². The second-order valence-corrected chi connectivity index (χ2v) is 10.9. The summed E-state index contributed by atoms with van der Waals surface area (Å²) in [6.45, 7) is 8.84. The summed E-state index contributed by atoms with van der Waals surface area (Å²) in [5.41, 5.74) is 5.59. The quantitative estimate of drug-likeness (QED) is 0.699. The number of piperazine rings is 1. The topological polar surface area (TPSA) is 63.2 Å². The fraction of sp³-hybridized carbons (Fsp3) is 0.680. The fourth-order valence-corrected chi connectivity index (χ4v) is 6.07. The van der Waals surface area contributed by atoms with Crippen molar-refractivity contribution in [2.45, 2.75) is 63.7 Å². The summed E-state index contributed by atoms with van der Waals surface area (Å²) in [5.74, 6) is 1.48. The van der Waals surface area contributed by atoms with Gasteiger partial charge in [-0.05, 0) is 50.6 Å². The number of pyridine rings is 1. The number of nitrogens with zero attached hydrogens (tertiary/aromatic N) is 5. The van der Waals surface area contributed by atoms with Crippen LogP contribution in [0.15, 0.2) is 18.5 Å². The molecule has 3 atom stereocenters. The molecule has 0 radical (unpaired) electrons. The highest BCUT2D eigenvalue weighted by atomic mass is 19.4. The van der Waals surface area contributed by atoms with Gasteiger partial charge in [-0.3, -0.25) is 4.90 Å². The van der Waals surface area contributed by atoms with Gasteiger partial charge in [0.15, 0.2) is 0 Å². The van der Waals surface area contributed by atoms with E-state index in [1.165, 1.54) is 12.6 Å². The third kappa shape index (κ3) is 4.33. The summed E-state index contributed by atoms with van der Waals surface area (Å²) in [6.07, 6.45) is 4.22. The molecule has 1 saturated heterocycles. The molecule has 34 heavy (non-hydrogen) atoms. The van der Waals surface area contributed by atoms with Crippen LogP contribution in [0.2, 0.25) is 0 Å². The minimum atomic E-state index is -4.54. The normalized spacial score (nSPS) is 28.3. The molecule has 5 rings (SSSR count). The van der Waals surface area contributed by atoms with Crippen LogP contribution in [0, 0.1) is 11.8 Å². The van der Waals surface area contributed by atoms with Gasteiger partial charge < -0.3 is 15.2 Å². The van der Waals surface area contributed by atoms with Crippen molar-refractivity contribution in [3.8, 4) is 11.3 Å². The minimum absolute atomic E-state index is 0.0621. The maximum atomic E-state index is 13.4. The third-order valence-corrected chi connectivity index (χ3v) is 8.09. The smallest absolute Gasteiger partial charge is 0.383 e. The Morgan fingerprint density at radius 1 is 1.21 bits per heavy atom. The molecule has 2 aliphatic carbocycles. The number of anilines is 1. The lowest BCUT2D eigenvalue weighted by atomic mass is 9.89. The van der Waals surface area contributed by atoms with Crippen LogP contribution in [0.4, 0.5) is 19.0 Å². The van der Waals surface area contributed by atoms with Crippen molar-refractivity contribution in [3.05, 3.63) is 29.8 Å². The number of rotatable bonds is 5. The molecule has 1 unspecified atom stereocenters. The van der Waals surface area contributed by atoms with E-state index in [1.54, 1.807) is 0 Å². The van der Waals surface area contributed by atoms with E-state index in [9.17, 15) is 13.2 Å². The first-order valence-corrected chi connectivity index (χ1v) is 12.4. The molecular formula is C25H35F3N6. The Morgan fingerprint density at radius 2 is 1.94 bits per heavy atom. The molecule has 6 nitrogen and oxygen atoms in total. The number of aromatic nitrogens is 3. The lowest BCUT2D eigenvalue weighted by Crippen LogP contribution is -2.50. The van der Waals surface area contributed by atoms with Crippen molar-refractivity contribution in [1.29, 1.82) is 0 Å². The van der Waals surface area contributed by atoms with Crippen LogP contribution in [-0.2, 0) is 18.1 Å². The lowest BCUT2D eigenvalue weighted by molar-refractivity contribution is -0.137. The van der Waals surface area contributed by atoms with E-state index >= 15 is 0 Å². The Hall–Kier alpha value is -2.13. The maximum Gasteiger partial charge on any atom is 0.419 e. The lowest BCUT2D eigenvalue weighted by Gasteiger charge is -2.41. The number of alkyl halides is 3. The number of nitrogens with two attached hydrogens (primary N) is 1. The Bertz CT molecular complexity index is 1040. The molecular weight excluding hydrogens is 441 g/mol. The van der Waals surface area contributed by atoms with Crippen molar-refractivity contribution in [2.24, 2.45) is 11.8 Å². The van der Waals surface area contributed by atoms with Crippen LogP contribution in [-0.4, -0.2) is 63.6 Å². The first kappa shape index (κ1) is 23.6. The molecule has 3 fully saturated rings. The van der Waals surface area contributed by atoms with Crippen LogP contribution in [0.1, 0.15) is 50.9 Å². The Kier molecular flexibility index (Phi) is 5.91. The average Bonchev–Trinajstić information content (AvgIpc) is 3.36. The molecule has 2 aromatic rings. The molecule has 9 heteroatoms. The first-order valence-electron chi connectivity index (χ1n) is 12.4. The van der Waals surface area contributed by atoms with Crippen LogP contribution < -0.4 is 5.73 Å². The molecule has 3 heterocycles. The number of imidazole rings is 1. The molecule has 186 valence electrons. The summed E-state index contributed by atoms with van der Waals surface area (Å²) < 4.78 is 42.6. The number of likely N-dealkylation sites (N-methyl/N-ethyl adjacent to an activating group) is 1. The predicted octanol–water partition coefficient (Wildman–Crippen LogP) is 4.26. The van der Waals surface area contributed by atoms with Gasteiger partial charge in [-0.1, -0.05) is 13.8 Å². The molecule has 0 aromatic carbocycles. The highest BCUT2D eigenvalue weighted by molar-refractivity contribution is 5.62. The molecule has 2 saturated carbocycles. The van der Waals surface area contributed by atoms with Crippen molar-refractivity contribution in [2.75, 3.05) is 39.0 Å². The standard InChI is InChI=1S/C25H35F3N6/c1-16(2)10-22-31-21(17-11-20(25(26,27)28)23(29)30-14-17)15-34(22)24-5-4-19(12-18(24)13-24)33-8-6-32(3)7-9-33/h11,14-16,18-19H,4-10,12-13H2,1-3H3,(H2,29,30)/t18-,19?,24-/m0/s1. The number of hydrogen-bond acceptors (Lipinski definition) is 5. The largest absolute Gasteiger partial charge is 0.419 e. The number of halogens is 3. The average molecular weight is 477 g/mol. The zero-order chi connectivity index (χ0) is 24.3. The van der Waals surface area contributed by atoms with E-state index in [0.717, 1.165) is 63.8 Å². The molecule has 3 aliphatic rings. The first-order chi connectivity index (χ1) is 16.1. The van der Waals surface area contributed by atoms with Gasteiger partial charge in [0.1, 0.15) is 11.6 Å². The second-order valence-electron chi connectivity index (χ2n) is 10.9. The van der Waals surface area contributed by atoms with Crippen molar-refractivity contribution in [3.63, 3.8) is 0 Å². The maximum absolute atomic E-state index is 13.4. The highest BCUT2D eigenvalue weighted by Gasteiger charge is 2.59. The molecule has 0 amide bonds. The Balaban J connectivity index is 1.41. The number of fused-ring (bicyclic) bond motifs is 1. The zero-order valence-corrected chi connectivity index (χ0v) is 20.3. The summed E-state index contributed by atoms with van der Waals surface area (Å²) in [4.78, 5) is 13.7. The van der Waals surface area contributed by atoms with Crippen LogP contribution in [0.25, 0.3) is 11.3 Å². The number of hydrogen-bond donors (Lipinski definition) is 1. The SMILES string of the molecule is CC(C)Cc1nc(-c2cnc(N)c(C(F)(F)F)c2)cn1[C@]12CCC(N3CCN(C)CC3)C[C@H]1C2. The summed E-state index contributed by atoms with van der Waals surface area (Å²) in [7, 11) is 2.19. The molecule has 2 N–H and O–H groups in total. The van der Waals surface area contributed by atoms with Gasteiger partial charge in [0, 0.05) is 62.1 Å². The van der Waals surface area contributed by atoms with Crippen LogP contribution in [0.3, 0.4) is 0 Å². The minimum Gasteiger partial charge on any atom is -0.383 e. The van der Waals surface area contributed by atoms with Gasteiger partial charge in [0.2, 0.25) is 0 Å². The molecule has 1 aliphatic heterocycles. The van der Waals surface area contributed by atoms with Crippen LogP contribution >= 0.6 is 0 Å². The van der Waals surface area contributed by atoms with Crippen LogP contribution in [0.5, 0.6) is 0 Å². The molecule has 0 spiro atoms. The van der Waals surface area contributed by atoms with Gasteiger partial charge in [0.25, 0.3) is 0 Å². The molecule has 0 bridgehead atoms. The second kappa shape index (κ2) is 8.52. The highest BCUT2D eigenvalue weighted by Crippen LogP contribution is 2.60. The van der Waals surface area contributed by atoms with E-state index in [-0.39, 0.29) is 5.54 Å². The van der Waals surface area contributed by atoms with E-state index in [4.69, 9.17) is 10.7 Å². The van der Waals surface area contributed by atoms with E-state index in [2.05, 4.69) is 40.2 Å². The summed E-state index contributed by atoms with van der Waals surface area (Å²) >= 11 is 0. The van der Waals surface area contributed by atoms with Crippen molar-refractivity contribution in [1.82, 2.24) is 24.3 Å². The van der Waals surface area contributed by atoms with Crippen molar-refractivity contribution < 1.29 is 13.2 Å². The van der Waals surface area contributed by atoms with Gasteiger partial charge in [-0.25, -0.2) is 9.97 Å². The Morgan fingerprint density at radius 3 is 2.59 bits per heavy atom. The van der Waals surface area contributed by atoms with Gasteiger partial charge in [-0.15, -0.1) is 0 Å². The van der Waals surface area contributed by atoms with E-state index < -0.39 is 17.6 Å². The van der Waals surface area contributed by atoms with Gasteiger partial charge >= 0.3 is 6.18 Å². The number of nitrogen functional groups attached to an aromatic ring is 1. The van der Waals surface area contributed by atoms with E-state index in [1.807, 2.05) is 6.20 Å². The summed E-state index contributed by atoms with van der Waals surface area (Å²) in [6, 6.07) is 1.72. The van der Waals surface area contributed by atoms with Gasteiger partial charge in [0.05, 0.1) is 11.3 Å². The van der Waals surface area contributed by atoms with Gasteiger partial charge in [-0.2, -0.15) is 13.2 Å². The Labute approximate surface area is 199 Å². The fourth-order valence-electron chi connectivity index (χ4n) is 6.07. The summed E-state index contributed by atoms with van der Waals surface area (Å²) in [5, 5.41) is 0.